The van der Waals surface area contributed by atoms with Gasteiger partial charge in [-0.15, -0.1) is 0 Å². The molecule has 0 unspecified atom stereocenters. The van der Waals surface area contributed by atoms with Gasteiger partial charge in [0.25, 0.3) is 5.91 Å². The number of carbonyl (C=O) groups is 2. The summed E-state index contributed by atoms with van der Waals surface area (Å²) in [4.78, 5) is 30.2. The quantitative estimate of drug-likeness (QED) is 0.849. The molecular weight excluding hydrogens is 278 g/mol. The summed E-state index contributed by atoms with van der Waals surface area (Å²) in [5.74, 6) is 0.226. The molecule has 2 amide bonds. The number of hydrogen-bond donors (Lipinski definition) is 1. The molecule has 1 aromatic rings. The van der Waals surface area contributed by atoms with Crippen LogP contribution in [-0.4, -0.2) is 28.1 Å². The zero-order valence-electron chi connectivity index (χ0n) is 12.2. The van der Waals surface area contributed by atoms with Gasteiger partial charge in [-0.2, -0.15) is 4.99 Å². The molecule has 5 heteroatoms. The molecule has 0 aromatic heterocycles. The topological polar surface area (TPSA) is 61.8 Å². The monoisotopic (exact) mass is 293 g/mol. The van der Waals surface area contributed by atoms with E-state index in [1.807, 2.05) is 29.3 Å². The summed E-state index contributed by atoms with van der Waals surface area (Å²) in [6.45, 7) is 1.45. The summed E-state index contributed by atoms with van der Waals surface area (Å²) in [7, 11) is 0. The Hall–Kier alpha value is -2.69. The number of allylic oxidation sites excluding steroid dienone is 2. The molecule has 3 aliphatic rings. The van der Waals surface area contributed by atoms with E-state index in [9.17, 15) is 9.59 Å². The third kappa shape index (κ3) is 1.68. The molecule has 1 aliphatic carbocycles. The molecule has 0 bridgehead atoms. The van der Waals surface area contributed by atoms with E-state index in [1.165, 1.54) is 18.1 Å². The van der Waals surface area contributed by atoms with Crippen molar-refractivity contribution >= 4 is 17.6 Å². The average molecular weight is 293 g/mol. The largest absolute Gasteiger partial charge is 0.323 e. The number of aliphatic imine (C=N–C) groups is 1. The van der Waals surface area contributed by atoms with Gasteiger partial charge in [0, 0.05) is 26.0 Å². The molecule has 0 atom stereocenters. The smallest absolute Gasteiger partial charge is 0.274 e. The molecular formula is C17H15N3O2. The number of nitrogens with zero attached hydrogens (tertiary/aromatic N) is 2. The summed E-state index contributed by atoms with van der Waals surface area (Å²) in [6.07, 6.45) is 6.78. The summed E-state index contributed by atoms with van der Waals surface area (Å²) in [5, 5.41) is 2.75. The van der Waals surface area contributed by atoms with Gasteiger partial charge >= 0.3 is 0 Å². The average Bonchev–Trinajstić information content (AvgIpc) is 3.00. The van der Waals surface area contributed by atoms with E-state index < -0.39 is 5.54 Å². The molecule has 22 heavy (non-hydrogen) atoms. The second-order valence-corrected chi connectivity index (χ2v) is 5.87. The van der Waals surface area contributed by atoms with E-state index in [1.54, 1.807) is 6.08 Å². The molecule has 1 aromatic carbocycles. The van der Waals surface area contributed by atoms with Gasteiger partial charge in [0.1, 0.15) is 5.54 Å². The number of hydrogen-bond acceptors (Lipinski definition) is 3. The Bertz CT molecular complexity index is 764. The lowest BCUT2D eigenvalue weighted by atomic mass is 9.93. The fraction of sp³-hybridized carbons (Fsp3) is 0.235. The molecule has 0 radical (unpaired) electrons. The first kappa shape index (κ1) is 13.0. The second kappa shape index (κ2) is 4.40. The summed E-state index contributed by atoms with van der Waals surface area (Å²) in [5.41, 5.74) is 2.29. The van der Waals surface area contributed by atoms with Crippen LogP contribution in [0.2, 0.25) is 0 Å². The number of rotatable bonds is 1. The first-order chi connectivity index (χ1) is 10.6. The summed E-state index contributed by atoms with van der Waals surface area (Å²) >= 11 is 0. The van der Waals surface area contributed by atoms with Crippen molar-refractivity contribution in [2.45, 2.75) is 25.3 Å². The fourth-order valence-electron chi connectivity index (χ4n) is 3.47. The third-order valence-electron chi connectivity index (χ3n) is 4.43. The van der Waals surface area contributed by atoms with Gasteiger partial charge in [-0.25, -0.2) is 0 Å². The molecule has 2 heterocycles. The highest BCUT2D eigenvalue weighted by Crippen LogP contribution is 2.40. The van der Waals surface area contributed by atoms with Crippen molar-refractivity contribution in [3.05, 3.63) is 59.4 Å². The Morgan fingerprint density at radius 2 is 1.95 bits per heavy atom. The van der Waals surface area contributed by atoms with Gasteiger partial charge in [0.15, 0.2) is 5.84 Å². The van der Waals surface area contributed by atoms with Crippen LogP contribution < -0.4 is 5.32 Å². The lowest BCUT2D eigenvalue weighted by molar-refractivity contribution is -0.124. The standard InChI is InChI=1S/C17H15N3O2/c1-11(21)18-14-7-4-8-20-15(14)19-16(22)17(20)9-12-5-2-3-6-13(12)10-17/h2-8H,9-10H2,1H3,(H,18,21). The Kier molecular flexibility index (Phi) is 2.60. The molecule has 110 valence electrons. The molecule has 2 aliphatic heterocycles. The van der Waals surface area contributed by atoms with E-state index in [0.717, 1.165) is 0 Å². The predicted molar refractivity (Wildman–Crippen MR) is 81.9 cm³/mol. The lowest BCUT2D eigenvalue weighted by Crippen LogP contribution is -2.51. The van der Waals surface area contributed by atoms with E-state index in [2.05, 4.69) is 22.4 Å². The molecule has 0 saturated carbocycles. The highest BCUT2D eigenvalue weighted by Gasteiger charge is 2.53. The van der Waals surface area contributed by atoms with Crippen LogP contribution in [0.3, 0.4) is 0 Å². The van der Waals surface area contributed by atoms with Crippen LogP contribution in [0, 0.1) is 0 Å². The number of nitrogens with one attached hydrogen (secondary N) is 1. The van der Waals surface area contributed by atoms with Gasteiger partial charge in [0.05, 0.1) is 5.70 Å². The minimum absolute atomic E-state index is 0.137. The second-order valence-electron chi connectivity index (χ2n) is 5.87. The number of fused-ring (bicyclic) bond motifs is 3. The maximum absolute atomic E-state index is 12.7. The van der Waals surface area contributed by atoms with Crippen molar-refractivity contribution in [1.82, 2.24) is 10.2 Å². The van der Waals surface area contributed by atoms with Crippen molar-refractivity contribution in [2.24, 2.45) is 4.99 Å². The van der Waals surface area contributed by atoms with Gasteiger partial charge in [-0.1, -0.05) is 24.3 Å². The number of amidine groups is 1. The maximum Gasteiger partial charge on any atom is 0.274 e. The van der Waals surface area contributed by atoms with Crippen molar-refractivity contribution in [3.63, 3.8) is 0 Å². The highest BCUT2D eigenvalue weighted by molar-refractivity contribution is 6.15. The van der Waals surface area contributed by atoms with Crippen molar-refractivity contribution in [1.29, 1.82) is 0 Å². The first-order valence-corrected chi connectivity index (χ1v) is 7.26. The Morgan fingerprint density at radius 3 is 2.59 bits per heavy atom. The molecule has 1 spiro atoms. The van der Waals surface area contributed by atoms with E-state index in [4.69, 9.17) is 0 Å². The molecule has 1 N–H and O–H groups in total. The van der Waals surface area contributed by atoms with Crippen LogP contribution in [0.25, 0.3) is 0 Å². The zero-order valence-corrected chi connectivity index (χ0v) is 12.2. The molecule has 0 fully saturated rings. The van der Waals surface area contributed by atoms with Crippen LogP contribution >= 0.6 is 0 Å². The Balaban J connectivity index is 1.73. The molecule has 4 rings (SSSR count). The van der Waals surface area contributed by atoms with Gasteiger partial charge in [-0.05, 0) is 23.3 Å². The van der Waals surface area contributed by atoms with Crippen molar-refractivity contribution in [3.8, 4) is 0 Å². The van der Waals surface area contributed by atoms with Crippen LogP contribution in [0.15, 0.2) is 53.3 Å². The number of amides is 2. The molecule has 0 saturated heterocycles. The van der Waals surface area contributed by atoms with E-state index in [0.29, 0.717) is 24.4 Å². The van der Waals surface area contributed by atoms with Crippen molar-refractivity contribution in [2.75, 3.05) is 0 Å². The van der Waals surface area contributed by atoms with Gasteiger partial charge in [-0.3, -0.25) is 9.59 Å². The fourth-order valence-corrected chi connectivity index (χ4v) is 3.47. The lowest BCUT2D eigenvalue weighted by Gasteiger charge is -2.34. The summed E-state index contributed by atoms with van der Waals surface area (Å²) < 4.78 is 0. The van der Waals surface area contributed by atoms with Gasteiger partial charge in [0.2, 0.25) is 5.91 Å². The Labute approximate surface area is 128 Å². The minimum Gasteiger partial charge on any atom is -0.323 e. The van der Waals surface area contributed by atoms with Crippen LogP contribution in [0.4, 0.5) is 0 Å². The van der Waals surface area contributed by atoms with Crippen molar-refractivity contribution < 1.29 is 9.59 Å². The van der Waals surface area contributed by atoms with Gasteiger partial charge < -0.3 is 10.2 Å². The molecule has 5 nitrogen and oxygen atoms in total. The van der Waals surface area contributed by atoms with Crippen LogP contribution in [0.1, 0.15) is 18.1 Å². The number of carbonyl (C=O) groups excluding carboxylic acids is 2. The predicted octanol–water partition coefficient (Wildman–Crippen LogP) is 1.31. The SMILES string of the molecule is CC(=O)NC1=CC=CN2C1=NC(=O)C21Cc2ccccc2C1. The van der Waals surface area contributed by atoms with E-state index >= 15 is 0 Å². The zero-order chi connectivity index (χ0) is 15.3. The maximum atomic E-state index is 12.7. The van der Waals surface area contributed by atoms with Crippen LogP contribution in [-0.2, 0) is 22.4 Å². The Morgan fingerprint density at radius 1 is 1.27 bits per heavy atom. The van der Waals surface area contributed by atoms with Crippen LogP contribution in [0.5, 0.6) is 0 Å². The minimum atomic E-state index is -0.673. The highest BCUT2D eigenvalue weighted by atomic mass is 16.2. The first-order valence-electron chi connectivity index (χ1n) is 7.26. The number of benzene rings is 1. The summed E-state index contributed by atoms with van der Waals surface area (Å²) in [6, 6.07) is 8.11. The normalized spacial score (nSPS) is 20.6. The van der Waals surface area contributed by atoms with E-state index in [-0.39, 0.29) is 11.8 Å². The third-order valence-corrected chi connectivity index (χ3v) is 4.43.